The first kappa shape index (κ1) is 17.6. The summed E-state index contributed by atoms with van der Waals surface area (Å²) in [6.07, 6.45) is 5.06. The number of aromatic nitrogens is 1. The van der Waals surface area contributed by atoms with Crippen molar-refractivity contribution in [3.05, 3.63) is 53.3 Å². The van der Waals surface area contributed by atoms with Gasteiger partial charge in [0, 0.05) is 31.9 Å². The minimum atomic E-state index is -0.529. The number of fused-ring (bicyclic) bond motifs is 1. The molecule has 26 heavy (non-hydrogen) atoms. The summed E-state index contributed by atoms with van der Waals surface area (Å²) < 4.78 is 6.05. The third-order valence-electron chi connectivity index (χ3n) is 5.47. The maximum Gasteiger partial charge on any atom is 0.139 e. The molecule has 2 heterocycles. The zero-order valence-electron chi connectivity index (χ0n) is 14.5. The topological polar surface area (TPSA) is 65.8 Å². The lowest BCUT2D eigenvalue weighted by Crippen LogP contribution is -2.28. The molecule has 2 aliphatic rings. The van der Waals surface area contributed by atoms with Gasteiger partial charge in [-0.1, -0.05) is 23.7 Å². The molecule has 0 radical (unpaired) electrons. The number of aromatic hydroxyl groups is 1. The van der Waals surface area contributed by atoms with Gasteiger partial charge in [-0.2, -0.15) is 0 Å². The molecular weight excluding hydrogens is 352 g/mol. The molecule has 1 aliphatic heterocycles. The fourth-order valence-electron chi connectivity index (χ4n) is 4.28. The predicted molar refractivity (Wildman–Crippen MR) is 99.4 cm³/mol. The second-order valence-electron chi connectivity index (χ2n) is 7.40. The van der Waals surface area contributed by atoms with Crippen molar-refractivity contribution in [1.82, 2.24) is 9.88 Å². The van der Waals surface area contributed by atoms with Gasteiger partial charge in [-0.25, -0.2) is 0 Å². The molecule has 4 rings (SSSR count). The maximum atomic E-state index is 10.4. The van der Waals surface area contributed by atoms with Crippen LogP contribution in [0.2, 0.25) is 5.02 Å². The number of ether oxygens (including phenoxy) is 1. The van der Waals surface area contributed by atoms with Crippen LogP contribution in [0.25, 0.3) is 0 Å². The molecule has 1 aromatic carbocycles. The van der Waals surface area contributed by atoms with Crippen LogP contribution in [0.5, 0.6) is 11.5 Å². The molecule has 138 valence electrons. The van der Waals surface area contributed by atoms with E-state index in [9.17, 15) is 10.2 Å². The fraction of sp³-hybridized carbons (Fsp3) is 0.450. The molecule has 6 heteroatoms. The molecule has 2 aromatic rings. The van der Waals surface area contributed by atoms with Crippen LogP contribution in [0.1, 0.15) is 24.5 Å². The number of phenols is 1. The first-order valence-corrected chi connectivity index (χ1v) is 9.41. The molecule has 0 spiro atoms. The van der Waals surface area contributed by atoms with Crippen LogP contribution in [-0.2, 0) is 0 Å². The summed E-state index contributed by atoms with van der Waals surface area (Å²) in [7, 11) is 0. The van der Waals surface area contributed by atoms with Crippen LogP contribution in [0, 0.1) is 11.8 Å². The summed E-state index contributed by atoms with van der Waals surface area (Å²) in [4.78, 5) is 6.41. The fourth-order valence-corrected chi connectivity index (χ4v) is 4.45. The van der Waals surface area contributed by atoms with Gasteiger partial charge in [-0.05, 0) is 42.4 Å². The highest BCUT2D eigenvalue weighted by molar-refractivity contribution is 6.30. The Labute approximate surface area is 158 Å². The van der Waals surface area contributed by atoms with E-state index < -0.39 is 6.10 Å². The summed E-state index contributed by atoms with van der Waals surface area (Å²) in [5, 5.41) is 20.4. The van der Waals surface area contributed by atoms with Gasteiger partial charge in [0.2, 0.25) is 0 Å². The minimum absolute atomic E-state index is 0.217. The SMILES string of the molecule is Oc1ccc(C(O)CN2C[C@H]3CC(Oc4cncc(Cl)c4)C[C@H]3C2)cc1. The third kappa shape index (κ3) is 3.95. The molecular formula is C20H23ClN2O3. The Hall–Kier alpha value is -1.82. The van der Waals surface area contributed by atoms with Crippen molar-refractivity contribution in [3.63, 3.8) is 0 Å². The van der Waals surface area contributed by atoms with Gasteiger partial charge in [0.15, 0.2) is 0 Å². The number of hydrogen-bond donors (Lipinski definition) is 2. The number of pyridine rings is 1. The third-order valence-corrected chi connectivity index (χ3v) is 5.68. The van der Waals surface area contributed by atoms with Crippen LogP contribution >= 0.6 is 11.6 Å². The lowest BCUT2D eigenvalue weighted by molar-refractivity contribution is 0.116. The van der Waals surface area contributed by atoms with Crippen LogP contribution in [0.15, 0.2) is 42.7 Å². The van der Waals surface area contributed by atoms with Crippen LogP contribution in [-0.4, -0.2) is 45.8 Å². The second kappa shape index (κ2) is 7.43. The summed E-state index contributed by atoms with van der Waals surface area (Å²) in [5.74, 6) is 2.18. The van der Waals surface area contributed by atoms with E-state index in [1.54, 1.807) is 36.7 Å². The Morgan fingerprint density at radius 2 is 1.85 bits per heavy atom. The van der Waals surface area contributed by atoms with Gasteiger partial charge < -0.3 is 14.9 Å². The lowest BCUT2D eigenvalue weighted by atomic mass is 10.0. The Bertz CT molecular complexity index is 741. The van der Waals surface area contributed by atoms with E-state index in [0.717, 1.165) is 37.2 Å². The minimum Gasteiger partial charge on any atom is -0.508 e. The highest BCUT2D eigenvalue weighted by atomic mass is 35.5. The van der Waals surface area contributed by atoms with Crippen molar-refractivity contribution >= 4 is 11.6 Å². The molecule has 2 fully saturated rings. The molecule has 1 saturated heterocycles. The van der Waals surface area contributed by atoms with Crippen molar-refractivity contribution in [2.45, 2.75) is 25.0 Å². The van der Waals surface area contributed by atoms with E-state index in [1.807, 2.05) is 6.07 Å². The number of nitrogens with zero attached hydrogens (tertiary/aromatic N) is 2. The molecule has 0 amide bonds. The Morgan fingerprint density at radius 3 is 2.50 bits per heavy atom. The number of likely N-dealkylation sites (tertiary alicyclic amines) is 1. The first-order valence-electron chi connectivity index (χ1n) is 9.03. The Morgan fingerprint density at radius 1 is 1.15 bits per heavy atom. The highest BCUT2D eigenvalue weighted by Crippen LogP contribution is 2.40. The molecule has 1 saturated carbocycles. The summed E-state index contributed by atoms with van der Waals surface area (Å²) >= 11 is 5.97. The highest BCUT2D eigenvalue weighted by Gasteiger charge is 2.42. The van der Waals surface area contributed by atoms with Gasteiger partial charge in [-0.15, -0.1) is 0 Å². The monoisotopic (exact) mass is 374 g/mol. The van der Waals surface area contributed by atoms with E-state index in [2.05, 4.69) is 9.88 Å². The van der Waals surface area contributed by atoms with Crippen molar-refractivity contribution in [2.24, 2.45) is 11.8 Å². The summed E-state index contributed by atoms with van der Waals surface area (Å²) in [6.45, 7) is 2.61. The van der Waals surface area contributed by atoms with E-state index in [0.29, 0.717) is 23.4 Å². The van der Waals surface area contributed by atoms with Crippen molar-refractivity contribution in [2.75, 3.05) is 19.6 Å². The second-order valence-corrected chi connectivity index (χ2v) is 7.83. The predicted octanol–water partition coefficient (Wildman–Crippen LogP) is 3.26. The zero-order chi connectivity index (χ0) is 18.1. The zero-order valence-corrected chi connectivity index (χ0v) is 15.2. The molecule has 1 aromatic heterocycles. The van der Waals surface area contributed by atoms with Crippen molar-refractivity contribution < 1.29 is 14.9 Å². The van der Waals surface area contributed by atoms with Gasteiger partial charge in [0.1, 0.15) is 11.5 Å². The standard InChI is InChI=1S/C20H23ClN2O3/c21-16-7-19(9-22-8-16)26-18-5-14-10-23(11-15(14)6-18)12-20(25)13-1-3-17(24)4-2-13/h1-4,7-9,14-15,18,20,24-25H,5-6,10-12H2/t14-,15+,18?,20?. The van der Waals surface area contributed by atoms with E-state index in [1.165, 1.54) is 0 Å². The Kier molecular flexibility index (Phi) is 5.02. The molecule has 0 bridgehead atoms. The normalized spacial score (nSPS) is 26.6. The average Bonchev–Trinajstić information content (AvgIpc) is 3.13. The van der Waals surface area contributed by atoms with Crippen molar-refractivity contribution in [1.29, 1.82) is 0 Å². The molecule has 2 unspecified atom stereocenters. The quantitative estimate of drug-likeness (QED) is 0.840. The van der Waals surface area contributed by atoms with Crippen LogP contribution in [0.4, 0.5) is 0 Å². The molecule has 2 N–H and O–H groups in total. The summed E-state index contributed by atoms with van der Waals surface area (Å²) in [5.41, 5.74) is 0.842. The molecule has 5 nitrogen and oxygen atoms in total. The van der Waals surface area contributed by atoms with E-state index in [-0.39, 0.29) is 11.9 Å². The Balaban J connectivity index is 1.28. The number of aliphatic hydroxyl groups is 1. The number of phenolic OH excluding ortho intramolecular Hbond substituents is 1. The smallest absolute Gasteiger partial charge is 0.139 e. The van der Waals surface area contributed by atoms with E-state index in [4.69, 9.17) is 16.3 Å². The van der Waals surface area contributed by atoms with Crippen molar-refractivity contribution in [3.8, 4) is 11.5 Å². The van der Waals surface area contributed by atoms with Gasteiger partial charge in [-0.3, -0.25) is 9.88 Å². The molecule has 1 aliphatic carbocycles. The number of β-amino-alcohol motifs (C(OH)–C–C–N with tert-alkyl or cyclic N) is 1. The number of aliphatic hydroxyl groups excluding tert-OH is 1. The summed E-state index contributed by atoms with van der Waals surface area (Å²) in [6, 6.07) is 8.59. The largest absolute Gasteiger partial charge is 0.508 e. The number of halogens is 1. The lowest BCUT2D eigenvalue weighted by Gasteiger charge is -2.22. The van der Waals surface area contributed by atoms with Crippen LogP contribution < -0.4 is 4.74 Å². The first-order chi connectivity index (χ1) is 12.6. The molecule has 4 atom stereocenters. The van der Waals surface area contributed by atoms with Gasteiger partial charge >= 0.3 is 0 Å². The number of hydrogen-bond acceptors (Lipinski definition) is 5. The maximum absolute atomic E-state index is 10.4. The van der Waals surface area contributed by atoms with Gasteiger partial charge in [0.05, 0.1) is 23.4 Å². The number of rotatable bonds is 5. The average molecular weight is 375 g/mol. The van der Waals surface area contributed by atoms with E-state index >= 15 is 0 Å². The number of benzene rings is 1. The van der Waals surface area contributed by atoms with Gasteiger partial charge in [0.25, 0.3) is 0 Å². The van der Waals surface area contributed by atoms with Crippen LogP contribution in [0.3, 0.4) is 0 Å².